The van der Waals surface area contributed by atoms with Gasteiger partial charge in [0.1, 0.15) is 6.61 Å². The van der Waals surface area contributed by atoms with Crippen molar-refractivity contribution in [2.75, 3.05) is 18.5 Å². The Kier molecular flexibility index (Phi) is 5.35. The molecule has 6 heteroatoms. The summed E-state index contributed by atoms with van der Waals surface area (Å²) in [6.45, 7) is -0.363. The molecule has 6 nitrogen and oxygen atoms in total. The molecule has 0 radical (unpaired) electrons. The topological polar surface area (TPSA) is 99.4 Å². The molecule has 0 aliphatic heterocycles. The minimum Gasteiger partial charge on any atom is -0.480 e. The average molecular weight is 248 g/mol. The number of rotatable bonds is 6. The SMILES string of the molecule is N#Cc1ccc(NC(=O)CCOCC(=O)O)cc1. The van der Waals surface area contributed by atoms with Crippen LogP contribution in [0.15, 0.2) is 24.3 Å². The number of carboxylic acid groups (broad SMARTS) is 1. The number of carbonyl (C=O) groups is 2. The van der Waals surface area contributed by atoms with E-state index in [1.165, 1.54) is 0 Å². The van der Waals surface area contributed by atoms with Crippen molar-refractivity contribution in [3.05, 3.63) is 29.8 Å². The van der Waals surface area contributed by atoms with Crippen molar-refractivity contribution < 1.29 is 19.4 Å². The molecular weight excluding hydrogens is 236 g/mol. The molecule has 0 fully saturated rings. The van der Waals surface area contributed by atoms with Crippen LogP contribution in [0.5, 0.6) is 0 Å². The normalized spacial score (nSPS) is 9.50. The Morgan fingerprint density at radius 1 is 1.33 bits per heavy atom. The summed E-state index contributed by atoms with van der Waals surface area (Å²) in [6, 6.07) is 8.40. The Morgan fingerprint density at radius 2 is 2.00 bits per heavy atom. The highest BCUT2D eigenvalue weighted by Crippen LogP contribution is 2.08. The molecule has 0 aliphatic carbocycles. The highest BCUT2D eigenvalue weighted by molar-refractivity contribution is 5.90. The van der Waals surface area contributed by atoms with Crippen LogP contribution in [0.4, 0.5) is 5.69 Å². The Hall–Kier alpha value is -2.39. The molecule has 0 saturated heterocycles. The predicted molar refractivity (Wildman–Crippen MR) is 62.9 cm³/mol. The molecule has 0 spiro atoms. The number of hydrogen-bond acceptors (Lipinski definition) is 4. The first-order valence-corrected chi connectivity index (χ1v) is 5.21. The number of hydrogen-bond donors (Lipinski definition) is 2. The number of amides is 1. The highest BCUT2D eigenvalue weighted by atomic mass is 16.5. The van der Waals surface area contributed by atoms with Gasteiger partial charge >= 0.3 is 5.97 Å². The van der Waals surface area contributed by atoms with Crippen molar-refractivity contribution in [3.8, 4) is 6.07 Å². The number of benzene rings is 1. The molecule has 0 saturated carbocycles. The molecular formula is C12H12N2O4. The smallest absolute Gasteiger partial charge is 0.329 e. The second-order valence-electron chi connectivity index (χ2n) is 3.43. The summed E-state index contributed by atoms with van der Waals surface area (Å²) in [5.41, 5.74) is 1.09. The van der Waals surface area contributed by atoms with Gasteiger partial charge in [-0.3, -0.25) is 4.79 Å². The van der Waals surface area contributed by atoms with E-state index in [0.29, 0.717) is 11.3 Å². The van der Waals surface area contributed by atoms with Crippen molar-refractivity contribution in [2.45, 2.75) is 6.42 Å². The first kappa shape index (κ1) is 13.7. The zero-order valence-corrected chi connectivity index (χ0v) is 9.55. The van der Waals surface area contributed by atoms with Gasteiger partial charge in [0, 0.05) is 5.69 Å². The molecule has 0 atom stereocenters. The van der Waals surface area contributed by atoms with E-state index in [9.17, 15) is 9.59 Å². The van der Waals surface area contributed by atoms with Gasteiger partial charge in [-0.05, 0) is 24.3 Å². The van der Waals surface area contributed by atoms with Gasteiger partial charge in [0.15, 0.2) is 0 Å². The van der Waals surface area contributed by atoms with Crippen LogP contribution in [0.2, 0.25) is 0 Å². The lowest BCUT2D eigenvalue weighted by Gasteiger charge is -2.05. The Bertz CT molecular complexity index is 462. The molecule has 18 heavy (non-hydrogen) atoms. The Morgan fingerprint density at radius 3 is 2.56 bits per heavy atom. The summed E-state index contributed by atoms with van der Waals surface area (Å²) in [6.07, 6.45) is 0.0767. The molecule has 1 rings (SSSR count). The number of aliphatic carboxylic acids is 1. The van der Waals surface area contributed by atoms with E-state index >= 15 is 0 Å². The number of carbonyl (C=O) groups excluding carboxylic acids is 1. The number of ether oxygens (including phenoxy) is 1. The Labute approximate surface area is 104 Å². The van der Waals surface area contributed by atoms with Gasteiger partial charge in [0.25, 0.3) is 0 Å². The minimum absolute atomic E-state index is 0.0500. The summed E-state index contributed by atoms with van der Waals surface area (Å²) in [4.78, 5) is 21.6. The minimum atomic E-state index is -1.07. The second kappa shape index (κ2) is 7.04. The first-order valence-electron chi connectivity index (χ1n) is 5.21. The lowest BCUT2D eigenvalue weighted by Crippen LogP contribution is -2.16. The van der Waals surface area contributed by atoms with Crippen molar-refractivity contribution >= 4 is 17.6 Å². The van der Waals surface area contributed by atoms with Crippen LogP contribution in [0.25, 0.3) is 0 Å². The first-order chi connectivity index (χ1) is 8.61. The second-order valence-corrected chi connectivity index (χ2v) is 3.43. The average Bonchev–Trinajstić information content (AvgIpc) is 2.35. The third-order valence-electron chi connectivity index (χ3n) is 2.00. The van der Waals surface area contributed by atoms with E-state index in [0.717, 1.165) is 0 Å². The number of carboxylic acids is 1. The van der Waals surface area contributed by atoms with Crippen molar-refractivity contribution in [2.24, 2.45) is 0 Å². The van der Waals surface area contributed by atoms with Gasteiger partial charge < -0.3 is 15.2 Å². The van der Waals surface area contributed by atoms with Crippen molar-refractivity contribution in [1.82, 2.24) is 0 Å². The largest absolute Gasteiger partial charge is 0.480 e. The molecule has 0 aliphatic rings. The maximum atomic E-state index is 11.4. The zero-order chi connectivity index (χ0) is 13.4. The number of nitrogens with one attached hydrogen (secondary N) is 1. The number of anilines is 1. The molecule has 94 valence electrons. The standard InChI is InChI=1S/C12H12N2O4/c13-7-9-1-3-10(4-2-9)14-11(15)5-6-18-8-12(16)17/h1-4H,5-6,8H2,(H,14,15)(H,16,17). The van der Waals surface area contributed by atoms with E-state index in [1.54, 1.807) is 24.3 Å². The number of nitriles is 1. The predicted octanol–water partition coefficient (Wildman–Crippen LogP) is 0.988. The fourth-order valence-electron chi connectivity index (χ4n) is 1.18. The van der Waals surface area contributed by atoms with E-state index in [4.69, 9.17) is 15.1 Å². The summed E-state index contributed by atoms with van der Waals surface area (Å²) in [5, 5.41) is 19.5. The lowest BCUT2D eigenvalue weighted by molar-refractivity contribution is -0.142. The summed E-state index contributed by atoms with van der Waals surface area (Å²) in [7, 11) is 0. The highest BCUT2D eigenvalue weighted by Gasteiger charge is 2.03. The fraction of sp³-hybridized carbons (Fsp3) is 0.250. The molecule has 1 aromatic carbocycles. The molecule has 0 aromatic heterocycles. The van der Waals surface area contributed by atoms with Gasteiger partial charge in [-0.25, -0.2) is 4.79 Å². The fourth-order valence-corrected chi connectivity index (χ4v) is 1.18. The quantitative estimate of drug-likeness (QED) is 0.731. The van der Waals surface area contributed by atoms with E-state index in [1.807, 2.05) is 6.07 Å². The van der Waals surface area contributed by atoms with E-state index in [2.05, 4.69) is 5.32 Å². The summed E-state index contributed by atoms with van der Waals surface area (Å²) < 4.78 is 4.74. The van der Waals surface area contributed by atoms with Gasteiger partial charge in [0.2, 0.25) is 5.91 Å². The van der Waals surface area contributed by atoms with Crippen LogP contribution in [0.3, 0.4) is 0 Å². The number of nitrogens with zero attached hydrogens (tertiary/aromatic N) is 1. The van der Waals surface area contributed by atoms with Gasteiger partial charge in [0.05, 0.1) is 24.7 Å². The zero-order valence-electron chi connectivity index (χ0n) is 9.55. The van der Waals surface area contributed by atoms with Crippen LogP contribution in [-0.2, 0) is 14.3 Å². The van der Waals surface area contributed by atoms with Crippen LogP contribution < -0.4 is 5.32 Å². The third kappa shape index (κ3) is 5.09. The maximum Gasteiger partial charge on any atom is 0.329 e. The monoisotopic (exact) mass is 248 g/mol. The van der Waals surface area contributed by atoms with Crippen LogP contribution in [0.1, 0.15) is 12.0 Å². The van der Waals surface area contributed by atoms with Crippen molar-refractivity contribution in [3.63, 3.8) is 0 Å². The Balaban J connectivity index is 2.31. The molecule has 2 N–H and O–H groups in total. The van der Waals surface area contributed by atoms with Gasteiger partial charge in [-0.1, -0.05) is 0 Å². The third-order valence-corrected chi connectivity index (χ3v) is 2.00. The molecule has 0 heterocycles. The van der Waals surface area contributed by atoms with Crippen LogP contribution in [0, 0.1) is 11.3 Å². The molecule has 0 unspecified atom stereocenters. The van der Waals surface area contributed by atoms with Crippen LogP contribution >= 0.6 is 0 Å². The molecule has 1 amide bonds. The maximum absolute atomic E-state index is 11.4. The van der Waals surface area contributed by atoms with Crippen molar-refractivity contribution in [1.29, 1.82) is 5.26 Å². The van der Waals surface area contributed by atoms with Gasteiger partial charge in [-0.2, -0.15) is 5.26 Å². The summed E-state index contributed by atoms with van der Waals surface area (Å²) in [5.74, 6) is -1.34. The van der Waals surface area contributed by atoms with Crippen LogP contribution in [-0.4, -0.2) is 30.2 Å². The molecule has 1 aromatic rings. The van der Waals surface area contributed by atoms with E-state index < -0.39 is 12.6 Å². The lowest BCUT2D eigenvalue weighted by atomic mass is 10.2. The molecule has 0 bridgehead atoms. The van der Waals surface area contributed by atoms with Gasteiger partial charge in [-0.15, -0.1) is 0 Å². The summed E-state index contributed by atoms with van der Waals surface area (Å²) >= 11 is 0. The van der Waals surface area contributed by atoms with E-state index in [-0.39, 0.29) is 18.9 Å².